The van der Waals surface area contributed by atoms with Gasteiger partial charge in [0.05, 0.1) is 49.1 Å². The number of methoxy groups -OCH3 is 1. The third-order valence-corrected chi connectivity index (χ3v) is 11.0. The average molecular weight is 722 g/mol. The Bertz CT molecular complexity index is 1920. The molecule has 6 heterocycles. The van der Waals surface area contributed by atoms with Gasteiger partial charge >= 0.3 is 6.09 Å². The Hall–Kier alpha value is -5.01. The molecule has 3 N–H and O–H groups in total. The Balaban J connectivity index is 0.977. The van der Waals surface area contributed by atoms with Crippen molar-refractivity contribution < 1.29 is 28.6 Å². The van der Waals surface area contributed by atoms with Gasteiger partial charge in [-0.3, -0.25) is 9.59 Å². The van der Waals surface area contributed by atoms with Crippen LogP contribution in [0.1, 0.15) is 87.2 Å². The number of aromatic amines is 2. The van der Waals surface area contributed by atoms with Crippen LogP contribution in [0.2, 0.25) is 0 Å². The number of rotatable bonds is 6. The molecule has 3 amide bonds. The number of benzene rings is 2. The molecule has 0 saturated carbocycles. The van der Waals surface area contributed by atoms with E-state index in [2.05, 4.69) is 63.8 Å². The summed E-state index contributed by atoms with van der Waals surface area (Å²) in [4.78, 5) is 59.5. The summed E-state index contributed by atoms with van der Waals surface area (Å²) in [7, 11) is 1.31. The predicted molar refractivity (Wildman–Crippen MR) is 196 cm³/mol. The maximum Gasteiger partial charge on any atom is 0.407 e. The second kappa shape index (κ2) is 15.5. The molecule has 0 radical (unpaired) electrons. The van der Waals surface area contributed by atoms with E-state index in [0.29, 0.717) is 32.8 Å². The van der Waals surface area contributed by atoms with Crippen molar-refractivity contribution in [3.8, 4) is 33.6 Å². The summed E-state index contributed by atoms with van der Waals surface area (Å²) in [6.07, 6.45) is 8.18. The molecule has 0 aliphatic carbocycles. The number of nitrogens with zero attached hydrogens (tertiary/aromatic N) is 4. The summed E-state index contributed by atoms with van der Waals surface area (Å²) in [5.41, 5.74) is 6.77. The molecule has 0 unspecified atom stereocenters. The van der Waals surface area contributed by atoms with E-state index in [1.807, 2.05) is 16.0 Å². The number of ether oxygens (including phenoxy) is 3. The van der Waals surface area contributed by atoms with E-state index >= 15 is 0 Å². The van der Waals surface area contributed by atoms with Crippen molar-refractivity contribution >= 4 is 17.9 Å². The van der Waals surface area contributed by atoms with Crippen molar-refractivity contribution in [2.24, 2.45) is 0 Å². The number of imidazole rings is 2. The van der Waals surface area contributed by atoms with Crippen LogP contribution in [-0.2, 0) is 30.4 Å². The zero-order chi connectivity index (χ0) is 36.3. The maximum absolute atomic E-state index is 13.7. The topological polar surface area (TPSA) is 155 Å². The fourth-order valence-electron chi connectivity index (χ4n) is 8.22. The number of hydrogen-bond acceptors (Lipinski definition) is 8. The monoisotopic (exact) mass is 721 g/mol. The van der Waals surface area contributed by atoms with Gasteiger partial charge < -0.3 is 39.3 Å². The molecular weight excluding hydrogens is 674 g/mol. The van der Waals surface area contributed by atoms with Crippen LogP contribution < -0.4 is 5.32 Å². The van der Waals surface area contributed by atoms with Crippen molar-refractivity contribution in [1.82, 2.24) is 35.1 Å². The Morgan fingerprint density at radius 2 is 1.55 bits per heavy atom. The molecule has 13 nitrogen and oxygen atoms in total. The molecule has 4 aromatic rings. The third-order valence-electron chi connectivity index (χ3n) is 11.0. The number of fused-ring (bicyclic) bond motifs is 4. The zero-order valence-corrected chi connectivity index (χ0v) is 30.1. The zero-order valence-electron chi connectivity index (χ0n) is 30.1. The molecule has 3 fully saturated rings. The van der Waals surface area contributed by atoms with Gasteiger partial charge in [-0.25, -0.2) is 14.8 Å². The van der Waals surface area contributed by atoms with Gasteiger partial charge in [-0.05, 0) is 74.5 Å². The van der Waals surface area contributed by atoms with Gasteiger partial charge in [-0.2, -0.15) is 0 Å². The van der Waals surface area contributed by atoms with E-state index in [1.54, 1.807) is 0 Å². The minimum atomic E-state index is -0.659. The Morgan fingerprint density at radius 1 is 0.811 bits per heavy atom. The molecule has 3 saturated heterocycles. The highest BCUT2D eigenvalue weighted by Crippen LogP contribution is 2.36. The summed E-state index contributed by atoms with van der Waals surface area (Å²) >= 11 is 0. The molecule has 2 bridgehead atoms. The van der Waals surface area contributed by atoms with E-state index in [4.69, 9.17) is 24.2 Å². The number of amides is 3. The lowest BCUT2D eigenvalue weighted by Crippen LogP contribution is -2.48. The number of nitrogens with one attached hydrogen (secondary N) is 3. The molecule has 4 aliphatic rings. The van der Waals surface area contributed by atoms with Crippen LogP contribution in [0.5, 0.6) is 0 Å². The molecule has 13 heteroatoms. The highest BCUT2D eigenvalue weighted by atomic mass is 16.5. The lowest BCUT2D eigenvalue weighted by Gasteiger charge is -2.28. The lowest BCUT2D eigenvalue weighted by molar-refractivity contribution is -0.142. The van der Waals surface area contributed by atoms with Crippen molar-refractivity contribution in [3.05, 3.63) is 72.1 Å². The van der Waals surface area contributed by atoms with Crippen LogP contribution in [0, 0.1) is 0 Å². The molecule has 0 spiro atoms. The summed E-state index contributed by atoms with van der Waals surface area (Å²) in [6, 6.07) is 15.8. The molecule has 53 heavy (non-hydrogen) atoms. The first-order valence-electron chi connectivity index (χ1n) is 19.0. The van der Waals surface area contributed by atoms with Crippen molar-refractivity contribution in [1.29, 1.82) is 0 Å². The van der Waals surface area contributed by atoms with Crippen LogP contribution in [-0.4, -0.2) is 93.2 Å². The Kier molecular flexibility index (Phi) is 10.3. The normalized spacial score (nSPS) is 23.6. The minimum Gasteiger partial charge on any atom is -0.453 e. The van der Waals surface area contributed by atoms with Gasteiger partial charge in [-0.1, -0.05) is 48.5 Å². The number of hydrogen-bond donors (Lipinski definition) is 3. The van der Waals surface area contributed by atoms with Crippen molar-refractivity contribution in [3.63, 3.8) is 0 Å². The summed E-state index contributed by atoms with van der Waals surface area (Å²) in [5, 5.41) is 2.75. The van der Waals surface area contributed by atoms with Crippen LogP contribution in [0.3, 0.4) is 0 Å². The highest BCUT2D eigenvalue weighted by molar-refractivity contribution is 5.86. The summed E-state index contributed by atoms with van der Waals surface area (Å²) < 4.78 is 16.6. The van der Waals surface area contributed by atoms with Gasteiger partial charge in [0, 0.05) is 31.9 Å². The van der Waals surface area contributed by atoms with E-state index in [-0.39, 0.29) is 30.0 Å². The van der Waals surface area contributed by atoms with E-state index in [9.17, 15) is 14.4 Å². The predicted octanol–water partition coefficient (Wildman–Crippen LogP) is 6.06. The molecule has 2 aromatic heterocycles. The fourth-order valence-corrected chi connectivity index (χ4v) is 8.22. The number of H-pyrrole nitrogens is 2. The smallest absolute Gasteiger partial charge is 0.407 e. The first-order chi connectivity index (χ1) is 26.0. The first-order valence-corrected chi connectivity index (χ1v) is 19.0. The Morgan fingerprint density at radius 3 is 2.30 bits per heavy atom. The molecule has 278 valence electrons. The van der Waals surface area contributed by atoms with E-state index < -0.39 is 12.1 Å². The molecular formula is C40H47N7O6. The summed E-state index contributed by atoms with van der Waals surface area (Å²) in [6.45, 7) is 2.92. The molecule has 4 aliphatic heterocycles. The Labute approximate surface area is 308 Å². The SMILES string of the molecule is COC(=O)N[C@H]1CCCCOCc2[nH]c(nc2-c2ccc(-c3ccc(-c4cnc([C@@H]5CCCN5C(=O)[C@H]5CCCO5)[nH]4)cc3)cc2)[C@@H]2CCCN2C1=O. The lowest BCUT2D eigenvalue weighted by atomic mass is 10.0. The number of aromatic nitrogens is 4. The number of carbonyl (C=O) groups excluding carboxylic acids is 3. The first kappa shape index (κ1) is 35.0. The van der Waals surface area contributed by atoms with E-state index in [0.717, 1.165) is 109 Å². The van der Waals surface area contributed by atoms with Crippen LogP contribution in [0.25, 0.3) is 33.6 Å². The molecule has 8 rings (SSSR count). The number of likely N-dealkylation sites (tertiary alicyclic amines) is 1. The van der Waals surface area contributed by atoms with Gasteiger partial charge in [-0.15, -0.1) is 0 Å². The quantitative estimate of drug-likeness (QED) is 0.217. The van der Waals surface area contributed by atoms with Crippen LogP contribution in [0.15, 0.2) is 54.7 Å². The number of carbonyl (C=O) groups is 3. The number of alkyl carbamates (subject to hydrolysis) is 1. The average Bonchev–Trinajstić information content (AvgIpc) is 4.04. The van der Waals surface area contributed by atoms with Crippen LogP contribution >= 0.6 is 0 Å². The van der Waals surface area contributed by atoms with E-state index in [1.165, 1.54) is 7.11 Å². The molecule has 4 atom stereocenters. The maximum atomic E-state index is 13.7. The molecule has 2 aromatic carbocycles. The van der Waals surface area contributed by atoms with Gasteiger partial charge in [0.25, 0.3) is 5.91 Å². The van der Waals surface area contributed by atoms with Gasteiger partial charge in [0.1, 0.15) is 23.8 Å². The van der Waals surface area contributed by atoms with Crippen molar-refractivity contribution in [2.75, 3.05) is 33.4 Å². The highest BCUT2D eigenvalue weighted by Gasteiger charge is 2.38. The standard InChI is InChI=1S/C40H47N7O6/c1-51-40(50)44-29-7-2-3-21-52-24-31-35(45-37(43-31)33-9-5-19-46(33)38(29)48)28-17-13-26(14-18-28)25-11-15-27(16-12-25)30-23-41-36(42-30)32-8-4-20-47(32)39(49)34-10-6-22-53-34/h11-18,23,29,32-34H,2-10,19-22,24H2,1H3,(H,41,42)(H,43,45)(H,44,50)/t29-,32-,33-,34+/m0/s1. The fraction of sp³-hybridized carbons (Fsp3) is 0.475. The second-order valence-corrected chi connectivity index (χ2v) is 14.4. The summed E-state index contributed by atoms with van der Waals surface area (Å²) in [5.74, 6) is 1.54. The second-order valence-electron chi connectivity index (χ2n) is 14.4. The van der Waals surface area contributed by atoms with Gasteiger partial charge in [0.2, 0.25) is 5.91 Å². The van der Waals surface area contributed by atoms with Crippen LogP contribution in [0.4, 0.5) is 4.79 Å². The van der Waals surface area contributed by atoms with Gasteiger partial charge in [0.15, 0.2) is 0 Å². The van der Waals surface area contributed by atoms with Crippen molar-refractivity contribution in [2.45, 2.75) is 88.6 Å². The third kappa shape index (κ3) is 7.32. The largest absolute Gasteiger partial charge is 0.453 e. The minimum absolute atomic E-state index is 0.0518.